The SMILES string of the molecule is CCS(=O)(=O)CCCC(NC)c1ccc(C)c(OC)c1. The van der Waals surface area contributed by atoms with Gasteiger partial charge in [-0.15, -0.1) is 0 Å². The first-order chi connectivity index (χ1) is 9.43. The second-order valence-electron chi connectivity index (χ2n) is 4.95. The third kappa shape index (κ3) is 4.80. The summed E-state index contributed by atoms with van der Waals surface area (Å²) < 4.78 is 28.4. The Morgan fingerprint density at radius 2 is 2.05 bits per heavy atom. The van der Waals surface area contributed by atoms with Gasteiger partial charge in [0.25, 0.3) is 0 Å². The Balaban J connectivity index is 2.71. The topological polar surface area (TPSA) is 55.4 Å². The maximum absolute atomic E-state index is 11.5. The van der Waals surface area contributed by atoms with Crippen molar-refractivity contribution >= 4 is 9.84 Å². The Kier molecular flexibility index (Phi) is 6.49. The summed E-state index contributed by atoms with van der Waals surface area (Å²) in [5.74, 6) is 1.34. The number of nitrogens with one attached hydrogen (secondary N) is 1. The molecule has 1 atom stereocenters. The van der Waals surface area contributed by atoms with Gasteiger partial charge >= 0.3 is 0 Å². The van der Waals surface area contributed by atoms with Crippen LogP contribution < -0.4 is 10.1 Å². The Bertz CT molecular complexity index is 526. The number of sulfone groups is 1. The molecule has 0 aliphatic heterocycles. The number of hydrogen-bond donors (Lipinski definition) is 1. The van der Waals surface area contributed by atoms with Crippen LogP contribution in [0.1, 0.15) is 36.9 Å². The van der Waals surface area contributed by atoms with Crippen LogP contribution in [0.15, 0.2) is 18.2 Å². The smallest absolute Gasteiger partial charge is 0.150 e. The predicted octanol–water partition coefficient (Wildman–Crippen LogP) is 2.48. The van der Waals surface area contributed by atoms with Crippen molar-refractivity contribution < 1.29 is 13.2 Å². The Hall–Kier alpha value is -1.07. The van der Waals surface area contributed by atoms with Crippen molar-refractivity contribution in [2.24, 2.45) is 0 Å². The predicted molar refractivity (Wildman–Crippen MR) is 83.1 cm³/mol. The maximum atomic E-state index is 11.5. The molecule has 1 rings (SSSR count). The van der Waals surface area contributed by atoms with E-state index in [9.17, 15) is 8.42 Å². The van der Waals surface area contributed by atoms with E-state index in [1.165, 1.54) is 0 Å². The van der Waals surface area contributed by atoms with Crippen LogP contribution in [0.2, 0.25) is 0 Å². The zero-order chi connectivity index (χ0) is 15.2. The van der Waals surface area contributed by atoms with Crippen molar-refractivity contribution in [2.45, 2.75) is 32.7 Å². The molecule has 5 heteroatoms. The first kappa shape index (κ1) is 17.0. The van der Waals surface area contributed by atoms with Gasteiger partial charge in [0.2, 0.25) is 0 Å². The number of methoxy groups -OCH3 is 1. The summed E-state index contributed by atoms with van der Waals surface area (Å²) in [6.45, 7) is 3.69. The maximum Gasteiger partial charge on any atom is 0.150 e. The van der Waals surface area contributed by atoms with Gasteiger partial charge in [-0.1, -0.05) is 19.1 Å². The lowest BCUT2D eigenvalue weighted by atomic mass is 10.0. The highest BCUT2D eigenvalue weighted by Gasteiger charge is 2.13. The van der Waals surface area contributed by atoms with E-state index in [0.29, 0.717) is 6.42 Å². The van der Waals surface area contributed by atoms with E-state index < -0.39 is 9.84 Å². The Labute approximate surface area is 122 Å². The van der Waals surface area contributed by atoms with Gasteiger partial charge in [0.05, 0.1) is 12.9 Å². The molecule has 0 aliphatic carbocycles. The Morgan fingerprint density at radius 3 is 2.60 bits per heavy atom. The molecule has 114 valence electrons. The first-order valence-electron chi connectivity index (χ1n) is 6.95. The second-order valence-corrected chi connectivity index (χ2v) is 7.42. The lowest BCUT2D eigenvalue weighted by Gasteiger charge is -2.18. The molecule has 0 spiro atoms. The van der Waals surface area contributed by atoms with Gasteiger partial charge in [0.15, 0.2) is 0 Å². The summed E-state index contributed by atoms with van der Waals surface area (Å²) in [6.07, 6.45) is 1.46. The Morgan fingerprint density at radius 1 is 1.35 bits per heavy atom. The summed E-state index contributed by atoms with van der Waals surface area (Å²) in [5.41, 5.74) is 2.23. The molecule has 0 fully saturated rings. The van der Waals surface area contributed by atoms with E-state index in [2.05, 4.69) is 11.4 Å². The first-order valence-corrected chi connectivity index (χ1v) is 8.78. The van der Waals surface area contributed by atoms with Crippen LogP contribution in [0.4, 0.5) is 0 Å². The van der Waals surface area contributed by atoms with Gasteiger partial charge < -0.3 is 10.1 Å². The fraction of sp³-hybridized carbons (Fsp3) is 0.600. The van der Waals surface area contributed by atoms with Gasteiger partial charge in [0.1, 0.15) is 15.6 Å². The van der Waals surface area contributed by atoms with E-state index in [1.807, 2.05) is 26.1 Å². The summed E-state index contributed by atoms with van der Waals surface area (Å²) in [5, 5.41) is 3.24. The number of benzene rings is 1. The average Bonchev–Trinajstić information content (AvgIpc) is 2.44. The second kappa shape index (κ2) is 7.64. The number of rotatable bonds is 8. The van der Waals surface area contributed by atoms with Gasteiger partial charge in [-0.3, -0.25) is 0 Å². The van der Waals surface area contributed by atoms with Crippen LogP contribution in [0.25, 0.3) is 0 Å². The van der Waals surface area contributed by atoms with Gasteiger partial charge in [-0.25, -0.2) is 8.42 Å². The van der Waals surface area contributed by atoms with Crippen molar-refractivity contribution in [1.29, 1.82) is 0 Å². The molecule has 1 aromatic rings. The molecule has 0 radical (unpaired) electrons. The monoisotopic (exact) mass is 299 g/mol. The molecule has 0 heterocycles. The molecule has 0 amide bonds. The van der Waals surface area contributed by atoms with Gasteiger partial charge in [-0.2, -0.15) is 0 Å². The fourth-order valence-corrected chi connectivity index (χ4v) is 3.08. The minimum absolute atomic E-state index is 0.150. The molecular formula is C15H25NO3S. The minimum Gasteiger partial charge on any atom is -0.496 e. The third-order valence-corrected chi connectivity index (χ3v) is 5.36. The lowest BCUT2D eigenvalue weighted by molar-refractivity contribution is 0.409. The lowest BCUT2D eigenvalue weighted by Crippen LogP contribution is -2.18. The van der Waals surface area contributed by atoms with Crippen molar-refractivity contribution in [2.75, 3.05) is 25.7 Å². The summed E-state index contributed by atoms with van der Waals surface area (Å²) in [4.78, 5) is 0. The molecule has 0 saturated heterocycles. The summed E-state index contributed by atoms with van der Waals surface area (Å²) in [6, 6.07) is 6.26. The fourth-order valence-electron chi connectivity index (χ4n) is 2.18. The molecule has 0 aliphatic rings. The number of ether oxygens (including phenoxy) is 1. The standard InChI is InChI=1S/C15H25NO3S/c1-5-20(17,18)10-6-7-14(16-3)13-9-8-12(2)15(11-13)19-4/h8-9,11,14,16H,5-7,10H2,1-4H3. The van der Waals surface area contributed by atoms with Gasteiger partial charge in [0, 0.05) is 11.8 Å². The zero-order valence-electron chi connectivity index (χ0n) is 12.8. The number of aryl methyl sites for hydroxylation is 1. The van der Waals surface area contributed by atoms with Crippen molar-refractivity contribution in [3.05, 3.63) is 29.3 Å². The third-order valence-electron chi connectivity index (χ3n) is 3.57. The van der Waals surface area contributed by atoms with Crippen LogP contribution in [0, 0.1) is 6.92 Å². The highest BCUT2D eigenvalue weighted by molar-refractivity contribution is 7.91. The molecule has 0 bridgehead atoms. The molecule has 0 aromatic heterocycles. The highest BCUT2D eigenvalue weighted by atomic mass is 32.2. The molecule has 1 N–H and O–H groups in total. The molecule has 0 saturated carbocycles. The molecule has 1 unspecified atom stereocenters. The summed E-state index contributed by atoms with van der Waals surface area (Å²) >= 11 is 0. The molecule has 20 heavy (non-hydrogen) atoms. The molecule has 4 nitrogen and oxygen atoms in total. The van der Waals surface area contributed by atoms with E-state index in [1.54, 1.807) is 14.0 Å². The van der Waals surface area contributed by atoms with Crippen LogP contribution in [0.3, 0.4) is 0 Å². The molecular weight excluding hydrogens is 274 g/mol. The van der Waals surface area contributed by atoms with E-state index in [-0.39, 0.29) is 17.5 Å². The van der Waals surface area contributed by atoms with E-state index >= 15 is 0 Å². The quantitative estimate of drug-likeness (QED) is 0.801. The van der Waals surface area contributed by atoms with Crippen LogP contribution in [-0.2, 0) is 9.84 Å². The molecule has 1 aromatic carbocycles. The highest BCUT2D eigenvalue weighted by Crippen LogP contribution is 2.25. The number of hydrogen-bond acceptors (Lipinski definition) is 4. The van der Waals surface area contributed by atoms with Crippen molar-refractivity contribution in [3.8, 4) is 5.75 Å². The van der Waals surface area contributed by atoms with Crippen molar-refractivity contribution in [1.82, 2.24) is 5.32 Å². The zero-order valence-corrected chi connectivity index (χ0v) is 13.6. The minimum atomic E-state index is -2.88. The van der Waals surface area contributed by atoms with Crippen LogP contribution in [0.5, 0.6) is 5.75 Å². The van der Waals surface area contributed by atoms with Crippen molar-refractivity contribution in [3.63, 3.8) is 0 Å². The van der Waals surface area contributed by atoms with Gasteiger partial charge in [-0.05, 0) is 44.0 Å². The normalized spacial score (nSPS) is 13.2. The van der Waals surface area contributed by atoms with Crippen LogP contribution >= 0.6 is 0 Å². The van der Waals surface area contributed by atoms with E-state index in [4.69, 9.17) is 4.74 Å². The summed E-state index contributed by atoms with van der Waals surface area (Å²) in [7, 11) is 0.678. The largest absolute Gasteiger partial charge is 0.496 e. The van der Waals surface area contributed by atoms with Crippen LogP contribution in [-0.4, -0.2) is 34.1 Å². The van der Waals surface area contributed by atoms with E-state index in [0.717, 1.165) is 23.3 Å². The average molecular weight is 299 g/mol.